The van der Waals surface area contributed by atoms with Gasteiger partial charge in [0.2, 0.25) is 0 Å². The molecule has 0 amide bonds. The maximum absolute atomic E-state index is 12.5. The van der Waals surface area contributed by atoms with Crippen molar-refractivity contribution >= 4 is 5.97 Å². The molecule has 0 spiro atoms. The number of rotatable bonds is 5. The second-order valence-corrected chi connectivity index (χ2v) is 6.32. The van der Waals surface area contributed by atoms with E-state index in [2.05, 4.69) is 4.90 Å². The topological polar surface area (TPSA) is 55.6 Å². The summed E-state index contributed by atoms with van der Waals surface area (Å²) in [5.41, 5.74) is 6.32. The average molecular weight is 288 g/mol. The van der Waals surface area contributed by atoms with Gasteiger partial charge in [-0.05, 0) is 37.7 Å². The minimum Gasteiger partial charge on any atom is -0.464 e. The van der Waals surface area contributed by atoms with E-state index in [1.807, 2.05) is 37.3 Å². The Bertz CT molecular complexity index is 505. The van der Waals surface area contributed by atoms with Gasteiger partial charge in [-0.1, -0.05) is 30.3 Å². The van der Waals surface area contributed by atoms with Crippen LogP contribution in [0.25, 0.3) is 0 Å². The Morgan fingerprint density at radius 2 is 2.14 bits per heavy atom. The quantitative estimate of drug-likeness (QED) is 0.841. The molecular formula is C17H24N2O2. The summed E-state index contributed by atoms with van der Waals surface area (Å²) in [6, 6.07) is 10.2. The Hall–Kier alpha value is -1.39. The van der Waals surface area contributed by atoms with Crippen LogP contribution in [-0.4, -0.2) is 36.6 Å². The molecule has 2 bridgehead atoms. The molecule has 1 saturated carbocycles. The number of hydrogen-bond donors (Lipinski definition) is 1. The highest BCUT2D eigenvalue weighted by Crippen LogP contribution is 2.38. The van der Waals surface area contributed by atoms with Crippen LogP contribution in [0, 0.1) is 5.92 Å². The number of benzene rings is 1. The van der Waals surface area contributed by atoms with Crippen molar-refractivity contribution in [2.75, 3.05) is 19.7 Å². The minimum absolute atomic E-state index is 0.320. The second-order valence-electron chi connectivity index (χ2n) is 6.32. The predicted octanol–water partition coefficient (Wildman–Crippen LogP) is 1.89. The van der Waals surface area contributed by atoms with E-state index in [0.717, 1.165) is 18.0 Å². The summed E-state index contributed by atoms with van der Waals surface area (Å²) in [6.07, 6.45) is 3.82. The van der Waals surface area contributed by atoms with Crippen LogP contribution in [0.15, 0.2) is 30.3 Å². The predicted molar refractivity (Wildman–Crippen MR) is 81.6 cm³/mol. The van der Waals surface area contributed by atoms with Crippen LogP contribution in [0.1, 0.15) is 31.7 Å². The molecule has 1 aliphatic carbocycles. The molecule has 2 N–H and O–H groups in total. The number of ether oxygens (including phenoxy) is 1. The van der Waals surface area contributed by atoms with Gasteiger partial charge in [-0.15, -0.1) is 0 Å². The maximum atomic E-state index is 12.5. The molecule has 3 atom stereocenters. The number of carbonyl (C=O) groups is 1. The lowest BCUT2D eigenvalue weighted by atomic mass is 9.89. The Morgan fingerprint density at radius 3 is 2.71 bits per heavy atom. The van der Waals surface area contributed by atoms with Gasteiger partial charge in [0.15, 0.2) is 5.54 Å². The Labute approximate surface area is 126 Å². The first kappa shape index (κ1) is 14.5. The minimum atomic E-state index is -1.07. The molecule has 2 fully saturated rings. The van der Waals surface area contributed by atoms with Gasteiger partial charge < -0.3 is 10.5 Å². The van der Waals surface area contributed by atoms with E-state index in [1.54, 1.807) is 0 Å². The number of nitrogens with zero attached hydrogens (tertiary/aromatic N) is 1. The molecule has 3 rings (SSSR count). The van der Waals surface area contributed by atoms with E-state index in [1.165, 1.54) is 19.3 Å². The first-order chi connectivity index (χ1) is 10.1. The summed E-state index contributed by atoms with van der Waals surface area (Å²) in [4.78, 5) is 14.9. The number of hydrogen-bond acceptors (Lipinski definition) is 4. The van der Waals surface area contributed by atoms with Crippen molar-refractivity contribution in [2.45, 2.75) is 37.8 Å². The van der Waals surface area contributed by atoms with Crippen LogP contribution < -0.4 is 5.73 Å². The van der Waals surface area contributed by atoms with E-state index >= 15 is 0 Å². The van der Waals surface area contributed by atoms with Gasteiger partial charge >= 0.3 is 5.97 Å². The van der Waals surface area contributed by atoms with Crippen molar-refractivity contribution in [3.8, 4) is 0 Å². The monoisotopic (exact) mass is 288 g/mol. The van der Waals surface area contributed by atoms with Crippen LogP contribution >= 0.6 is 0 Å². The Kier molecular flexibility index (Phi) is 4.00. The summed E-state index contributed by atoms with van der Waals surface area (Å²) >= 11 is 0. The molecule has 114 valence electrons. The zero-order chi connectivity index (χ0) is 14.9. The molecule has 4 nitrogen and oxygen atoms in total. The van der Waals surface area contributed by atoms with Crippen molar-refractivity contribution in [3.05, 3.63) is 35.9 Å². The van der Waals surface area contributed by atoms with Crippen molar-refractivity contribution in [2.24, 2.45) is 11.7 Å². The molecule has 1 heterocycles. The van der Waals surface area contributed by atoms with Crippen LogP contribution in [-0.2, 0) is 15.1 Å². The largest absolute Gasteiger partial charge is 0.464 e. The number of esters is 1. The van der Waals surface area contributed by atoms with Crippen LogP contribution in [0.2, 0.25) is 0 Å². The third-order valence-electron chi connectivity index (χ3n) is 4.90. The fourth-order valence-corrected chi connectivity index (χ4v) is 3.81. The molecule has 1 aromatic rings. The fourth-order valence-electron chi connectivity index (χ4n) is 3.81. The highest BCUT2D eigenvalue weighted by molar-refractivity contribution is 5.82. The SMILES string of the molecule is CCOC(=O)C(N)(CN1CC2CCC1C2)c1ccccc1. The summed E-state index contributed by atoms with van der Waals surface area (Å²) in [5, 5.41) is 0. The lowest BCUT2D eigenvalue weighted by Crippen LogP contribution is -2.55. The van der Waals surface area contributed by atoms with Gasteiger partial charge in [-0.25, -0.2) is 4.79 Å². The van der Waals surface area contributed by atoms with Crippen LogP contribution in [0.4, 0.5) is 0 Å². The third-order valence-corrected chi connectivity index (χ3v) is 4.90. The zero-order valence-electron chi connectivity index (χ0n) is 12.6. The molecule has 0 aromatic heterocycles. The molecule has 2 aliphatic rings. The number of fused-ring (bicyclic) bond motifs is 2. The standard InChI is InChI=1S/C17H24N2O2/c1-2-21-16(20)17(18,14-6-4-3-5-7-14)12-19-11-13-8-9-15(19)10-13/h3-7,13,15H,2,8-12,18H2,1H3. The van der Waals surface area contributed by atoms with Crippen LogP contribution in [0.3, 0.4) is 0 Å². The van der Waals surface area contributed by atoms with E-state index in [0.29, 0.717) is 19.2 Å². The number of likely N-dealkylation sites (tertiary alicyclic amines) is 1. The smallest absolute Gasteiger partial charge is 0.332 e. The zero-order valence-corrected chi connectivity index (χ0v) is 12.6. The second kappa shape index (κ2) is 5.78. The van der Waals surface area contributed by atoms with Crippen molar-refractivity contribution in [3.63, 3.8) is 0 Å². The average Bonchev–Trinajstić information content (AvgIpc) is 3.11. The maximum Gasteiger partial charge on any atom is 0.332 e. The molecule has 1 aliphatic heterocycles. The molecule has 21 heavy (non-hydrogen) atoms. The van der Waals surface area contributed by atoms with Gasteiger partial charge in [-0.2, -0.15) is 0 Å². The number of piperidine rings is 1. The van der Waals surface area contributed by atoms with E-state index < -0.39 is 5.54 Å². The fraction of sp³-hybridized carbons (Fsp3) is 0.588. The molecular weight excluding hydrogens is 264 g/mol. The van der Waals surface area contributed by atoms with E-state index in [9.17, 15) is 4.79 Å². The number of nitrogens with two attached hydrogens (primary N) is 1. The Balaban J connectivity index is 1.84. The molecule has 4 heteroatoms. The summed E-state index contributed by atoms with van der Waals surface area (Å²) < 4.78 is 5.26. The van der Waals surface area contributed by atoms with Crippen molar-refractivity contribution in [1.82, 2.24) is 4.90 Å². The lowest BCUT2D eigenvalue weighted by molar-refractivity contribution is -0.151. The highest BCUT2D eigenvalue weighted by atomic mass is 16.5. The van der Waals surface area contributed by atoms with E-state index in [-0.39, 0.29) is 5.97 Å². The van der Waals surface area contributed by atoms with Gasteiger partial charge in [0, 0.05) is 19.1 Å². The van der Waals surface area contributed by atoms with E-state index in [4.69, 9.17) is 10.5 Å². The normalized spacial score (nSPS) is 27.5. The van der Waals surface area contributed by atoms with Gasteiger partial charge in [0.05, 0.1) is 6.61 Å². The summed E-state index contributed by atoms with van der Waals surface area (Å²) in [5.74, 6) is 0.469. The van der Waals surface area contributed by atoms with Gasteiger partial charge in [0.25, 0.3) is 0 Å². The number of carbonyl (C=O) groups excluding carboxylic acids is 1. The van der Waals surface area contributed by atoms with Gasteiger partial charge in [0.1, 0.15) is 0 Å². The summed E-state index contributed by atoms with van der Waals surface area (Å²) in [7, 11) is 0. The first-order valence-corrected chi connectivity index (χ1v) is 7.89. The highest BCUT2D eigenvalue weighted by Gasteiger charge is 2.45. The first-order valence-electron chi connectivity index (χ1n) is 7.89. The molecule has 1 saturated heterocycles. The molecule has 3 unspecified atom stereocenters. The lowest BCUT2D eigenvalue weighted by Gasteiger charge is -2.36. The third kappa shape index (κ3) is 2.70. The van der Waals surface area contributed by atoms with Gasteiger partial charge in [-0.3, -0.25) is 4.90 Å². The Morgan fingerprint density at radius 1 is 1.38 bits per heavy atom. The molecule has 1 aromatic carbocycles. The summed E-state index contributed by atoms with van der Waals surface area (Å²) in [6.45, 7) is 3.80. The van der Waals surface area contributed by atoms with Crippen molar-refractivity contribution < 1.29 is 9.53 Å². The molecule has 0 radical (unpaired) electrons. The van der Waals surface area contributed by atoms with Crippen molar-refractivity contribution in [1.29, 1.82) is 0 Å². The van der Waals surface area contributed by atoms with Crippen LogP contribution in [0.5, 0.6) is 0 Å².